The van der Waals surface area contributed by atoms with Crippen molar-refractivity contribution >= 4 is 24.0 Å². The van der Waals surface area contributed by atoms with E-state index in [0.29, 0.717) is 11.1 Å². The second kappa shape index (κ2) is 8.05. The van der Waals surface area contributed by atoms with E-state index in [1.807, 2.05) is 6.07 Å². The topological polar surface area (TPSA) is 15.3 Å². The fraction of sp³-hybridized carbons (Fsp3) is 0.571. The molecule has 1 atom stereocenters. The van der Waals surface area contributed by atoms with E-state index in [9.17, 15) is 4.39 Å². The smallest absolute Gasteiger partial charge is 0.124 e. The van der Waals surface area contributed by atoms with Crippen molar-refractivity contribution in [2.45, 2.75) is 25.8 Å². The van der Waals surface area contributed by atoms with Crippen molar-refractivity contribution in [2.24, 2.45) is 0 Å². The lowest BCUT2D eigenvalue weighted by Gasteiger charge is -2.35. The molecule has 1 saturated heterocycles. The zero-order valence-electron chi connectivity index (χ0n) is 11.2. The summed E-state index contributed by atoms with van der Waals surface area (Å²) in [7, 11) is 0. The molecule has 0 aromatic heterocycles. The van der Waals surface area contributed by atoms with Crippen LogP contribution >= 0.6 is 24.0 Å². The van der Waals surface area contributed by atoms with Crippen molar-refractivity contribution in [1.29, 1.82) is 0 Å². The highest BCUT2D eigenvalue weighted by molar-refractivity contribution is 6.31. The van der Waals surface area contributed by atoms with Crippen molar-refractivity contribution in [1.82, 2.24) is 10.2 Å². The molecule has 0 saturated carbocycles. The number of piperazine rings is 1. The predicted molar refractivity (Wildman–Crippen MR) is 80.7 cm³/mol. The Morgan fingerprint density at radius 3 is 2.63 bits per heavy atom. The van der Waals surface area contributed by atoms with Crippen LogP contribution in [0.5, 0.6) is 0 Å². The lowest BCUT2D eigenvalue weighted by molar-refractivity contribution is 0.164. The lowest BCUT2D eigenvalue weighted by atomic mass is 9.99. The van der Waals surface area contributed by atoms with Gasteiger partial charge in [-0.05, 0) is 24.1 Å². The van der Waals surface area contributed by atoms with E-state index in [4.69, 9.17) is 11.6 Å². The molecule has 5 heteroatoms. The Hall–Kier alpha value is -0.350. The van der Waals surface area contributed by atoms with Gasteiger partial charge in [0.1, 0.15) is 5.82 Å². The molecule has 1 aromatic carbocycles. The van der Waals surface area contributed by atoms with Crippen LogP contribution in [0.3, 0.4) is 0 Å². The summed E-state index contributed by atoms with van der Waals surface area (Å²) in [5, 5.41) is 3.90. The summed E-state index contributed by atoms with van der Waals surface area (Å²) in [6.07, 6.45) is 2.16. The molecule has 19 heavy (non-hydrogen) atoms. The summed E-state index contributed by atoms with van der Waals surface area (Å²) >= 11 is 6.20. The summed E-state index contributed by atoms with van der Waals surface area (Å²) < 4.78 is 13.1. The number of halogens is 3. The SMILES string of the molecule is CCC[C@H](c1ccc(F)cc1Cl)N1CCNCC1.Cl. The maximum absolute atomic E-state index is 13.1. The Morgan fingerprint density at radius 1 is 1.37 bits per heavy atom. The Balaban J connectivity index is 0.00000180. The van der Waals surface area contributed by atoms with E-state index in [0.717, 1.165) is 44.6 Å². The lowest BCUT2D eigenvalue weighted by Crippen LogP contribution is -2.45. The zero-order chi connectivity index (χ0) is 13.0. The molecular weight excluding hydrogens is 286 g/mol. The molecule has 1 aromatic rings. The Kier molecular flexibility index (Phi) is 7.08. The third-order valence-electron chi connectivity index (χ3n) is 3.48. The molecule has 108 valence electrons. The first-order chi connectivity index (χ1) is 8.72. The quantitative estimate of drug-likeness (QED) is 0.913. The zero-order valence-corrected chi connectivity index (χ0v) is 12.7. The van der Waals surface area contributed by atoms with Crippen LogP contribution in [0.25, 0.3) is 0 Å². The van der Waals surface area contributed by atoms with Crippen molar-refractivity contribution < 1.29 is 4.39 Å². The number of nitrogens with zero attached hydrogens (tertiary/aromatic N) is 1. The first-order valence-corrected chi connectivity index (χ1v) is 7.00. The molecule has 1 N–H and O–H groups in total. The highest BCUT2D eigenvalue weighted by Gasteiger charge is 2.23. The minimum Gasteiger partial charge on any atom is -0.314 e. The van der Waals surface area contributed by atoms with Crippen LogP contribution in [0.4, 0.5) is 4.39 Å². The van der Waals surface area contributed by atoms with Gasteiger partial charge in [-0.2, -0.15) is 0 Å². The van der Waals surface area contributed by atoms with Gasteiger partial charge in [-0.15, -0.1) is 12.4 Å². The number of rotatable bonds is 4. The molecule has 1 aliphatic rings. The van der Waals surface area contributed by atoms with E-state index >= 15 is 0 Å². The minimum atomic E-state index is -0.265. The van der Waals surface area contributed by atoms with Crippen LogP contribution in [-0.4, -0.2) is 31.1 Å². The van der Waals surface area contributed by atoms with E-state index < -0.39 is 0 Å². The summed E-state index contributed by atoms with van der Waals surface area (Å²) in [5.74, 6) is -0.265. The first-order valence-electron chi connectivity index (χ1n) is 6.62. The highest BCUT2D eigenvalue weighted by atomic mass is 35.5. The largest absolute Gasteiger partial charge is 0.314 e. The molecule has 1 heterocycles. The van der Waals surface area contributed by atoms with E-state index in [2.05, 4.69) is 17.1 Å². The van der Waals surface area contributed by atoms with Gasteiger partial charge in [0.05, 0.1) is 0 Å². The van der Waals surface area contributed by atoms with Crippen LogP contribution in [0.2, 0.25) is 5.02 Å². The fourth-order valence-corrected chi connectivity index (χ4v) is 2.87. The summed E-state index contributed by atoms with van der Waals surface area (Å²) in [4.78, 5) is 2.44. The maximum atomic E-state index is 13.1. The normalized spacial score (nSPS) is 17.8. The second-order valence-electron chi connectivity index (χ2n) is 4.76. The van der Waals surface area contributed by atoms with Gasteiger partial charge >= 0.3 is 0 Å². The molecule has 1 fully saturated rings. The number of hydrogen-bond acceptors (Lipinski definition) is 2. The number of nitrogens with one attached hydrogen (secondary N) is 1. The highest BCUT2D eigenvalue weighted by Crippen LogP contribution is 2.31. The van der Waals surface area contributed by atoms with E-state index in [-0.39, 0.29) is 18.2 Å². The molecule has 2 rings (SSSR count). The van der Waals surface area contributed by atoms with Gasteiger partial charge in [0, 0.05) is 37.2 Å². The molecule has 2 nitrogen and oxygen atoms in total. The van der Waals surface area contributed by atoms with Crippen molar-refractivity contribution in [3.8, 4) is 0 Å². The third-order valence-corrected chi connectivity index (χ3v) is 3.80. The van der Waals surface area contributed by atoms with Crippen LogP contribution < -0.4 is 5.32 Å². The Labute approximate surface area is 125 Å². The molecule has 0 aliphatic carbocycles. The average molecular weight is 307 g/mol. The van der Waals surface area contributed by atoms with Crippen LogP contribution in [0.15, 0.2) is 18.2 Å². The van der Waals surface area contributed by atoms with Crippen molar-refractivity contribution in [3.63, 3.8) is 0 Å². The van der Waals surface area contributed by atoms with E-state index in [1.54, 1.807) is 0 Å². The third kappa shape index (κ3) is 4.32. The van der Waals surface area contributed by atoms with Gasteiger partial charge < -0.3 is 5.32 Å². The molecule has 0 bridgehead atoms. The Bertz CT molecular complexity index is 395. The van der Waals surface area contributed by atoms with Gasteiger partial charge in [-0.3, -0.25) is 4.90 Å². The van der Waals surface area contributed by atoms with Gasteiger partial charge in [0.15, 0.2) is 0 Å². The number of benzene rings is 1. The average Bonchev–Trinajstić information content (AvgIpc) is 2.38. The van der Waals surface area contributed by atoms with Crippen LogP contribution in [0.1, 0.15) is 31.4 Å². The van der Waals surface area contributed by atoms with Crippen LogP contribution in [0, 0.1) is 5.82 Å². The van der Waals surface area contributed by atoms with Gasteiger partial charge in [0.25, 0.3) is 0 Å². The standard InChI is InChI=1S/C14H20ClFN2.ClH/c1-2-3-14(18-8-6-17-7-9-18)12-5-4-11(16)10-13(12)15;/h4-5,10,14,17H,2-3,6-9H2,1H3;1H/t14-;/m1./s1. The molecule has 0 spiro atoms. The monoisotopic (exact) mass is 306 g/mol. The van der Waals surface area contributed by atoms with Gasteiger partial charge in [-0.1, -0.05) is 31.0 Å². The van der Waals surface area contributed by atoms with Gasteiger partial charge in [-0.25, -0.2) is 4.39 Å². The minimum absolute atomic E-state index is 0. The summed E-state index contributed by atoms with van der Waals surface area (Å²) in [5.41, 5.74) is 1.06. The summed E-state index contributed by atoms with van der Waals surface area (Å²) in [6, 6.07) is 5.07. The van der Waals surface area contributed by atoms with Crippen molar-refractivity contribution in [2.75, 3.05) is 26.2 Å². The number of hydrogen-bond donors (Lipinski definition) is 1. The first kappa shape index (κ1) is 16.7. The van der Waals surface area contributed by atoms with E-state index in [1.165, 1.54) is 12.1 Å². The molecule has 0 unspecified atom stereocenters. The maximum Gasteiger partial charge on any atom is 0.124 e. The molecule has 0 amide bonds. The molecular formula is C14H21Cl2FN2. The molecule has 0 radical (unpaired) electrons. The van der Waals surface area contributed by atoms with Crippen molar-refractivity contribution in [3.05, 3.63) is 34.6 Å². The Morgan fingerprint density at radius 2 is 2.05 bits per heavy atom. The second-order valence-corrected chi connectivity index (χ2v) is 5.16. The summed E-state index contributed by atoms with van der Waals surface area (Å²) in [6.45, 7) is 6.25. The van der Waals surface area contributed by atoms with Crippen LogP contribution in [-0.2, 0) is 0 Å². The van der Waals surface area contributed by atoms with Gasteiger partial charge in [0.2, 0.25) is 0 Å². The fourth-order valence-electron chi connectivity index (χ4n) is 2.57. The predicted octanol–water partition coefficient (Wildman–Crippen LogP) is 3.65. The molecule has 1 aliphatic heterocycles.